The SMILES string of the molecule is Cc1cc(C)nc(NS(=O)(=O)c2ccc(NC(=O)c3cnn4c(C(F)F)cc(-c5ccc(F)cc5)nc34)cc2)n1. The fraction of sp³-hybridized carbons (Fsp3) is 0.115. The van der Waals surface area contributed by atoms with Crippen molar-refractivity contribution in [3.63, 3.8) is 0 Å². The summed E-state index contributed by atoms with van der Waals surface area (Å²) in [6.45, 7) is 3.42. The molecule has 5 rings (SSSR count). The number of aryl methyl sites for hydroxylation is 2. The molecule has 14 heteroatoms. The summed E-state index contributed by atoms with van der Waals surface area (Å²) in [6.07, 6.45) is -1.83. The van der Waals surface area contributed by atoms with E-state index in [2.05, 4.69) is 30.1 Å². The van der Waals surface area contributed by atoms with Crippen molar-refractivity contribution in [1.82, 2.24) is 24.6 Å². The van der Waals surface area contributed by atoms with Gasteiger partial charge in [0.1, 0.15) is 17.1 Å². The molecule has 0 unspecified atom stereocenters. The van der Waals surface area contributed by atoms with Crippen molar-refractivity contribution in [2.24, 2.45) is 0 Å². The molecule has 0 spiro atoms. The van der Waals surface area contributed by atoms with Crippen molar-refractivity contribution >= 4 is 33.2 Å². The first kappa shape index (κ1) is 26.7. The molecule has 204 valence electrons. The molecule has 0 atom stereocenters. The molecule has 1 amide bonds. The number of anilines is 2. The average molecular weight is 568 g/mol. The molecule has 0 bridgehead atoms. The molecule has 0 fully saturated rings. The van der Waals surface area contributed by atoms with Gasteiger partial charge in [0, 0.05) is 22.6 Å². The summed E-state index contributed by atoms with van der Waals surface area (Å²) >= 11 is 0. The van der Waals surface area contributed by atoms with Crippen molar-refractivity contribution in [3.05, 3.63) is 95.3 Å². The smallest absolute Gasteiger partial charge is 0.280 e. The summed E-state index contributed by atoms with van der Waals surface area (Å²) in [7, 11) is -4.02. The van der Waals surface area contributed by atoms with E-state index >= 15 is 0 Å². The van der Waals surface area contributed by atoms with Crippen LogP contribution in [0, 0.1) is 19.7 Å². The van der Waals surface area contributed by atoms with Crippen LogP contribution in [0.1, 0.15) is 33.9 Å². The molecule has 0 aliphatic carbocycles. The van der Waals surface area contributed by atoms with Gasteiger partial charge in [-0.2, -0.15) is 5.10 Å². The van der Waals surface area contributed by atoms with Crippen LogP contribution in [0.2, 0.25) is 0 Å². The highest BCUT2D eigenvalue weighted by Crippen LogP contribution is 2.27. The Hall–Kier alpha value is -4.85. The maximum Gasteiger partial charge on any atom is 0.280 e. The minimum Gasteiger partial charge on any atom is -0.322 e. The molecular formula is C26H20F3N7O3S. The third-order valence-corrected chi connectivity index (χ3v) is 7.08. The van der Waals surface area contributed by atoms with Gasteiger partial charge in [-0.25, -0.2) is 45.8 Å². The maximum absolute atomic E-state index is 13.8. The Morgan fingerprint density at radius 2 is 1.57 bits per heavy atom. The van der Waals surface area contributed by atoms with Crippen molar-refractivity contribution in [1.29, 1.82) is 0 Å². The Balaban J connectivity index is 1.40. The monoisotopic (exact) mass is 567 g/mol. The summed E-state index contributed by atoms with van der Waals surface area (Å²) in [6, 6.07) is 13.2. The Morgan fingerprint density at radius 3 is 2.20 bits per heavy atom. The van der Waals surface area contributed by atoms with Crippen molar-refractivity contribution in [2.45, 2.75) is 25.2 Å². The van der Waals surface area contributed by atoms with E-state index in [4.69, 9.17) is 0 Å². The number of fused-ring (bicyclic) bond motifs is 1. The zero-order chi connectivity index (χ0) is 28.6. The lowest BCUT2D eigenvalue weighted by molar-refractivity contribution is 0.102. The van der Waals surface area contributed by atoms with E-state index in [1.807, 2.05) is 0 Å². The molecule has 2 N–H and O–H groups in total. The van der Waals surface area contributed by atoms with E-state index in [1.54, 1.807) is 19.9 Å². The van der Waals surface area contributed by atoms with Gasteiger partial charge >= 0.3 is 0 Å². The lowest BCUT2D eigenvalue weighted by Crippen LogP contribution is -2.16. The van der Waals surface area contributed by atoms with E-state index in [0.717, 1.165) is 16.8 Å². The number of nitrogens with zero attached hydrogens (tertiary/aromatic N) is 5. The van der Waals surface area contributed by atoms with Crippen LogP contribution < -0.4 is 10.0 Å². The first-order chi connectivity index (χ1) is 19.0. The topological polar surface area (TPSA) is 131 Å². The summed E-state index contributed by atoms with van der Waals surface area (Å²) in [4.78, 5) is 25.4. The van der Waals surface area contributed by atoms with Crippen LogP contribution >= 0.6 is 0 Å². The molecule has 5 aromatic rings. The van der Waals surface area contributed by atoms with E-state index < -0.39 is 33.9 Å². The Labute approximate surface area is 226 Å². The molecule has 10 nitrogen and oxygen atoms in total. The summed E-state index contributed by atoms with van der Waals surface area (Å²) in [5.74, 6) is -1.29. The quantitative estimate of drug-likeness (QED) is 0.285. The third kappa shape index (κ3) is 5.47. The fourth-order valence-electron chi connectivity index (χ4n) is 3.94. The van der Waals surface area contributed by atoms with Gasteiger partial charge in [0.15, 0.2) is 5.65 Å². The lowest BCUT2D eigenvalue weighted by Gasteiger charge is -2.10. The van der Waals surface area contributed by atoms with Gasteiger partial charge in [-0.15, -0.1) is 0 Å². The molecule has 3 heterocycles. The minimum atomic E-state index is -4.02. The molecule has 40 heavy (non-hydrogen) atoms. The van der Waals surface area contributed by atoms with Gasteiger partial charge in [0.05, 0.1) is 16.8 Å². The number of amides is 1. The normalized spacial score (nSPS) is 11.7. The third-order valence-electron chi connectivity index (χ3n) is 5.74. The first-order valence-corrected chi connectivity index (χ1v) is 13.2. The Morgan fingerprint density at radius 1 is 0.925 bits per heavy atom. The number of alkyl halides is 2. The minimum absolute atomic E-state index is 0.0707. The van der Waals surface area contributed by atoms with Crippen molar-refractivity contribution in [2.75, 3.05) is 10.0 Å². The van der Waals surface area contributed by atoms with Crippen molar-refractivity contribution < 1.29 is 26.4 Å². The van der Waals surface area contributed by atoms with Gasteiger partial charge in [-0.05, 0) is 74.5 Å². The van der Waals surface area contributed by atoms with Gasteiger partial charge in [0.2, 0.25) is 5.95 Å². The van der Waals surface area contributed by atoms with Gasteiger partial charge in [0.25, 0.3) is 22.4 Å². The summed E-state index contributed by atoms with van der Waals surface area (Å²) in [5.41, 5.74) is 1.16. The standard InChI is InChI=1S/C26H20F3N7O3S/c1-14-11-15(2)32-26(31-14)35-40(38,39)19-9-7-18(8-10-19)33-25(37)20-13-30-36-22(23(28)29)12-21(34-24(20)36)16-3-5-17(27)6-4-16/h3-13,23H,1-2H3,(H,33,37)(H,31,32,35). The molecule has 0 radical (unpaired) electrons. The highest BCUT2D eigenvalue weighted by Gasteiger charge is 2.22. The molecule has 0 saturated heterocycles. The zero-order valence-corrected chi connectivity index (χ0v) is 21.7. The number of sulfonamides is 1. The fourth-order valence-corrected chi connectivity index (χ4v) is 4.88. The van der Waals surface area contributed by atoms with E-state index in [-0.39, 0.29) is 33.4 Å². The summed E-state index contributed by atoms with van der Waals surface area (Å²) in [5, 5.41) is 6.49. The predicted octanol–water partition coefficient (Wildman–Crippen LogP) is 4.93. The molecule has 0 saturated carbocycles. The largest absolute Gasteiger partial charge is 0.322 e. The average Bonchev–Trinajstić information content (AvgIpc) is 3.32. The molecular weight excluding hydrogens is 547 g/mol. The molecule has 3 aromatic heterocycles. The first-order valence-electron chi connectivity index (χ1n) is 11.7. The number of aromatic nitrogens is 5. The Bertz CT molecular complexity index is 1820. The highest BCUT2D eigenvalue weighted by molar-refractivity contribution is 7.92. The van der Waals surface area contributed by atoms with Crippen molar-refractivity contribution in [3.8, 4) is 11.3 Å². The van der Waals surface area contributed by atoms with Crippen LogP contribution in [0.25, 0.3) is 16.9 Å². The summed E-state index contributed by atoms with van der Waals surface area (Å²) < 4.78 is 69.7. The van der Waals surface area contributed by atoms with Crippen LogP contribution in [0.15, 0.2) is 71.8 Å². The number of rotatable bonds is 7. The van der Waals surface area contributed by atoms with Gasteiger partial charge < -0.3 is 5.32 Å². The van der Waals surface area contributed by atoms with E-state index in [9.17, 15) is 26.4 Å². The van der Waals surface area contributed by atoms with Crippen LogP contribution in [0.4, 0.5) is 24.8 Å². The molecule has 2 aromatic carbocycles. The Kier molecular flexibility index (Phi) is 6.94. The zero-order valence-electron chi connectivity index (χ0n) is 20.9. The number of benzene rings is 2. The maximum atomic E-state index is 13.8. The van der Waals surface area contributed by atoms with Gasteiger partial charge in [-0.1, -0.05) is 0 Å². The number of hydrogen-bond donors (Lipinski definition) is 2. The van der Waals surface area contributed by atoms with E-state index in [1.165, 1.54) is 48.5 Å². The number of carbonyl (C=O) groups is 1. The van der Waals surface area contributed by atoms with Crippen LogP contribution in [0.3, 0.4) is 0 Å². The van der Waals surface area contributed by atoms with Gasteiger partial charge in [-0.3, -0.25) is 4.79 Å². The highest BCUT2D eigenvalue weighted by atomic mass is 32.2. The number of nitrogens with one attached hydrogen (secondary N) is 2. The second kappa shape index (κ2) is 10.4. The molecule has 0 aliphatic heterocycles. The number of hydrogen-bond acceptors (Lipinski definition) is 7. The second-order valence-electron chi connectivity index (χ2n) is 8.73. The predicted molar refractivity (Wildman–Crippen MR) is 140 cm³/mol. The van der Waals surface area contributed by atoms with Crippen LogP contribution in [-0.2, 0) is 10.0 Å². The number of carbonyl (C=O) groups excluding carboxylic acids is 1. The van der Waals surface area contributed by atoms with Crippen LogP contribution in [-0.4, -0.2) is 38.9 Å². The van der Waals surface area contributed by atoms with E-state index in [0.29, 0.717) is 17.0 Å². The second-order valence-corrected chi connectivity index (χ2v) is 10.4. The molecule has 0 aliphatic rings. The van der Waals surface area contributed by atoms with Crippen LogP contribution in [0.5, 0.6) is 0 Å². The number of halogens is 3. The lowest BCUT2D eigenvalue weighted by atomic mass is 10.1.